The number of alkyl halides is 1. The Bertz CT molecular complexity index is 1250. The highest BCUT2D eigenvalue weighted by molar-refractivity contribution is 5.90. The van der Waals surface area contributed by atoms with Crippen molar-refractivity contribution < 1.29 is 18.7 Å². The van der Waals surface area contributed by atoms with E-state index in [4.69, 9.17) is 4.74 Å². The van der Waals surface area contributed by atoms with Crippen LogP contribution in [0.4, 0.5) is 16.0 Å². The molecule has 5 rings (SSSR count). The first-order valence-corrected chi connectivity index (χ1v) is 11.7. The van der Waals surface area contributed by atoms with Crippen LogP contribution >= 0.6 is 0 Å². The minimum Gasteiger partial charge on any atom is -0.465 e. The van der Waals surface area contributed by atoms with E-state index in [2.05, 4.69) is 20.4 Å². The van der Waals surface area contributed by atoms with Crippen molar-refractivity contribution >= 4 is 23.5 Å². The van der Waals surface area contributed by atoms with E-state index in [1.807, 2.05) is 29.9 Å². The van der Waals surface area contributed by atoms with E-state index < -0.39 is 5.67 Å². The lowest BCUT2D eigenvalue weighted by Gasteiger charge is -2.32. The molecule has 35 heavy (non-hydrogen) atoms. The molecule has 2 aliphatic rings. The minimum absolute atomic E-state index is 0.146. The monoisotopic (exact) mass is 478 g/mol. The fourth-order valence-corrected chi connectivity index (χ4v) is 4.35. The number of hydrogen-bond donors (Lipinski definition) is 1. The molecule has 1 N–H and O–H groups in total. The average molecular weight is 479 g/mol. The Morgan fingerprint density at radius 3 is 2.51 bits per heavy atom. The number of carbonyl (C=O) groups is 2. The van der Waals surface area contributed by atoms with Crippen LogP contribution in [0.5, 0.6) is 0 Å². The largest absolute Gasteiger partial charge is 0.465 e. The molecule has 0 bridgehead atoms. The number of carbonyl (C=O) groups excluding carboxylic acids is 2. The number of likely N-dealkylation sites (tertiary alicyclic amines) is 1. The molecule has 3 heterocycles. The van der Waals surface area contributed by atoms with Gasteiger partial charge in [0.05, 0.1) is 36.3 Å². The van der Waals surface area contributed by atoms with Gasteiger partial charge in [0.1, 0.15) is 0 Å². The van der Waals surface area contributed by atoms with Crippen molar-refractivity contribution in [2.45, 2.75) is 44.3 Å². The number of ether oxygens (including phenoxy) is 1. The lowest BCUT2D eigenvalue weighted by atomic mass is 10.0. The lowest BCUT2D eigenvalue weighted by Crippen LogP contribution is -2.43. The molecule has 1 aliphatic carbocycles. The van der Waals surface area contributed by atoms with Crippen molar-refractivity contribution in [3.63, 3.8) is 0 Å². The summed E-state index contributed by atoms with van der Waals surface area (Å²) in [5.41, 5.74) is 2.13. The van der Waals surface area contributed by atoms with Crippen LogP contribution in [0.2, 0.25) is 0 Å². The maximum Gasteiger partial charge on any atom is 0.337 e. The number of aryl methyl sites for hydroxylation is 1. The molecule has 1 amide bonds. The maximum absolute atomic E-state index is 14.1. The Labute approximate surface area is 202 Å². The smallest absolute Gasteiger partial charge is 0.337 e. The number of esters is 1. The molecular formula is C25H27FN6O3. The number of benzene rings is 1. The van der Waals surface area contributed by atoms with Gasteiger partial charge in [-0.25, -0.2) is 19.2 Å². The van der Waals surface area contributed by atoms with Crippen LogP contribution in [0.1, 0.15) is 47.6 Å². The van der Waals surface area contributed by atoms with Gasteiger partial charge in [-0.15, -0.1) is 0 Å². The molecule has 0 radical (unpaired) electrons. The highest BCUT2D eigenvalue weighted by Gasteiger charge is 2.53. The Balaban J connectivity index is 1.24. The number of aromatic nitrogens is 4. The molecule has 1 saturated carbocycles. The number of nitrogens with zero attached hydrogens (tertiary/aromatic N) is 5. The first-order chi connectivity index (χ1) is 16.9. The zero-order valence-electron chi connectivity index (χ0n) is 19.7. The van der Waals surface area contributed by atoms with Crippen LogP contribution < -0.4 is 5.32 Å². The van der Waals surface area contributed by atoms with Gasteiger partial charge in [-0.3, -0.25) is 9.48 Å². The molecule has 0 unspecified atom stereocenters. The number of piperidine rings is 1. The third-order valence-corrected chi connectivity index (χ3v) is 6.61. The van der Waals surface area contributed by atoms with Crippen molar-refractivity contribution in [1.29, 1.82) is 0 Å². The molecule has 10 heteroatoms. The van der Waals surface area contributed by atoms with E-state index in [1.165, 1.54) is 7.11 Å². The quantitative estimate of drug-likeness (QED) is 0.537. The zero-order valence-corrected chi connectivity index (χ0v) is 19.7. The van der Waals surface area contributed by atoms with Gasteiger partial charge in [0.25, 0.3) is 5.91 Å². The first-order valence-electron chi connectivity index (χ1n) is 11.7. The highest BCUT2D eigenvalue weighted by atomic mass is 19.1. The number of halogens is 1. The third-order valence-electron chi connectivity index (χ3n) is 6.61. The van der Waals surface area contributed by atoms with Crippen molar-refractivity contribution in [3.8, 4) is 11.3 Å². The number of anilines is 2. The fraction of sp³-hybridized carbons (Fsp3) is 0.400. The molecule has 182 valence electrons. The van der Waals surface area contributed by atoms with Crippen molar-refractivity contribution in [1.82, 2.24) is 24.6 Å². The summed E-state index contributed by atoms with van der Waals surface area (Å²) in [5.74, 6) is -0.312. The van der Waals surface area contributed by atoms with Gasteiger partial charge in [-0.2, -0.15) is 5.10 Å². The normalized spacial score (nSPS) is 17.2. The Morgan fingerprint density at radius 2 is 1.86 bits per heavy atom. The Kier molecular flexibility index (Phi) is 5.96. The van der Waals surface area contributed by atoms with E-state index in [-0.39, 0.29) is 17.9 Å². The fourth-order valence-electron chi connectivity index (χ4n) is 4.35. The third kappa shape index (κ3) is 4.73. The van der Waals surface area contributed by atoms with Crippen LogP contribution in [0.15, 0.2) is 42.9 Å². The lowest BCUT2D eigenvalue weighted by molar-refractivity contribution is -0.139. The van der Waals surface area contributed by atoms with Crippen LogP contribution in [-0.2, 0) is 9.53 Å². The van der Waals surface area contributed by atoms with Crippen LogP contribution in [0.25, 0.3) is 11.3 Å². The van der Waals surface area contributed by atoms with E-state index in [1.54, 1.807) is 29.4 Å². The number of nitrogens with one attached hydrogen (secondary N) is 1. The molecule has 3 aromatic rings. The van der Waals surface area contributed by atoms with Crippen molar-refractivity contribution in [2.75, 3.05) is 25.5 Å². The Hall–Kier alpha value is -3.82. The van der Waals surface area contributed by atoms with Gasteiger partial charge in [0.2, 0.25) is 5.95 Å². The zero-order chi connectivity index (χ0) is 24.6. The van der Waals surface area contributed by atoms with Crippen molar-refractivity contribution in [3.05, 3.63) is 54.0 Å². The molecular weight excluding hydrogens is 451 g/mol. The number of amides is 1. The van der Waals surface area contributed by atoms with Gasteiger partial charge in [-0.05, 0) is 50.3 Å². The van der Waals surface area contributed by atoms with E-state index in [0.717, 1.165) is 35.3 Å². The number of rotatable bonds is 6. The SMILES string of the molecule is COC(=O)c1ccc(-c2nc(Nc3cnn(C4CCN(C(=O)C5(F)CC5)CC4)c3)ncc2C)cc1. The van der Waals surface area contributed by atoms with Gasteiger partial charge < -0.3 is 15.0 Å². The summed E-state index contributed by atoms with van der Waals surface area (Å²) >= 11 is 0. The average Bonchev–Trinajstić information content (AvgIpc) is 3.47. The molecule has 2 aromatic heterocycles. The Morgan fingerprint density at radius 1 is 1.14 bits per heavy atom. The first kappa shape index (κ1) is 22.9. The highest BCUT2D eigenvalue weighted by Crippen LogP contribution is 2.42. The molecule has 1 saturated heterocycles. The molecule has 0 spiro atoms. The summed E-state index contributed by atoms with van der Waals surface area (Å²) in [7, 11) is 1.35. The predicted molar refractivity (Wildman–Crippen MR) is 127 cm³/mol. The topological polar surface area (TPSA) is 102 Å². The summed E-state index contributed by atoms with van der Waals surface area (Å²) in [6, 6.07) is 7.21. The molecule has 0 atom stereocenters. The van der Waals surface area contributed by atoms with Gasteiger partial charge in [0.15, 0.2) is 5.67 Å². The van der Waals surface area contributed by atoms with Crippen molar-refractivity contribution in [2.24, 2.45) is 0 Å². The minimum atomic E-state index is -1.61. The second kappa shape index (κ2) is 9.09. The second-order valence-corrected chi connectivity index (χ2v) is 9.12. The maximum atomic E-state index is 14.1. The summed E-state index contributed by atoms with van der Waals surface area (Å²) in [6.45, 7) is 3.00. The summed E-state index contributed by atoms with van der Waals surface area (Å²) in [6.07, 6.45) is 7.52. The van der Waals surface area contributed by atoms with E-state index >= 15 is 0 Å². The molecule has 2 fully saturated rings. The molecule has 1 aliphatic heterocycles. The van der Waals surface area contributed by atoms with Crippen LogP contribution in [0, 0.1) is 6.92 Å². The number of hydrogen-bond acceptors (Lipinski definition) is 7. The second-order valence-electron chi connectivity index (χ2n) is 9.12. The van der Waals surface area contributed by atoms with E-state index in [0.29, 0.717) is 37.4 Å². The van der Waals surface area contributed by atoms with Crippen LogP contribution in [0.3, 0.4) is 0 Å². The number of methoxy groups -OCH3 is 1. The molecule has 9 nitrogen and oxygen atoms in total. The van der Waals surface area contributed by atoms with E-state index in [9.17, 15) is 14.0 Å². The van der Waals surface area contributed by atoms with Gasteiger partial charge >= 0.3 is 5.97 Å². The van der Waals surface area contributed by atoms with Gasteiger partial charge in [0, 0.05) is 31.0 Å². The van der Waals surface area contributed by atoms with Crippen LogP contribution in [-0.4, -0.2) is 62.4 Å². The molecule has 1 aromatic carbocycles. The summed E-state index contributed by atoms with van der Waals surface area (Å²) < 4.78 is 20.7. The summed E-state index contributed by atoms with van der Waals surface area (Å²) in [4.78, 5) is 34.6. The standard InChI is InChI=1S/C25H27FN6O3/c1-16-13-27-24(30-21(16)17-3-5-18(6-4-17)22(33)35-2)29-19-14-28-32(15-19)20-7-11-31(12-8-20)23(34)25(26)9-10-25/h3-6,13-15,20H,7-12H2,1-2H3,(H,27,29,30). The predicted octanol–water partition coefficient (Wildman–Crippen LogP) is 3.84. The van der Waals surface area contributed by atoms with Gasteiger partial charge in [-0.1, -0.05) is 12.1 Å². The summed E-state index contributed by atoms with van der Waals surface area (Å²) in [5, 5.41) is 7.68.